The molecule has 0 radical (unpaired) electrons. The van der Waals surface area contributed by atoms with Crippen LogP contribution < -0.4 is 4.72 Å². The summed E-state index contributed by atoms with van der Waals surface area (Å²) in [6, 6.07) is 8.44. The fourth-order valence-electron chi connectivity index (χ4n) is 2.15. The fourth-order valence-corrected chi connectivity index (χ4v) is 3.45. The van der Waals surface area contributed by atoms with Crippen molar-refractivity contribution >= 4 is 10.0 Å². The molecule has 0 amide bonds. The van der Waals surface area contributed by atoms with E-state index in [9.17, 15) is 8.42 Å². The van der Waals surface area contributed by atoms with Gasteiger partial charge >= 0.3 is 0 Å². The molecule has 1 aliphatic carbocycles. The minimum Gasteiger partial charge on any atom is -0.381 e. The van der Waals surface area contributed by atoms with Gasteiger partial charge in [0, 0.05) is 13.2 Å². The Bertz CT molecular complexity index is 458. The molecule has 5 heteroatoms. The van der Waals surface area contributed by atoms with Crippen LogP contribution in [0.5, 0.6) is 0 Å². The van der Waals surface area contributed by atoms with Gasteiger partial charge < -0.3 is 4.74 Å². The van der Waals surface area contributed by atoms with E-state index in [4.69, 9.17) is 4.74 Å². The molecule has 2 atom stereocenters. The van der Waals surface area contributed by atoms with Gasteiger partial charge in [0.1, 0.15) is 0 Å². The molecule has 1 aromatic carbocycles. The van der Waals surface area contributed by atoms with Crippen LogP contribution in [0.2, 0.25) is 0 Å². The van der Waals surface area contributed by atoms with E-state index in [0.29, 0.717) is 4.90 Å². The number of methoxy groups -OCH3 is 1. The lowest BCUT2D eigenvalue weighted by Gasteiger charge is -2.13. The quantitative estimate of drug-likeness (QED) is 0.887. The predicted octanol–water partition coefficient (Wildman–Crippen LogP) is 1.53. The predicted molar refractivity (Wildman–Crippen MR) is 65.2 cm³/mol. The van der Waals surface area contributed by atoms with Crippen LogP contribution in [0.25, 0.3) is 0 Å². The summed E-state index contributed by atoms with van der Waals surface area (Å²) >= 11 is 0. The van der Waals surface area contributed by atoms with Crippen LogP contribution in [0.4, 0.5) is 0 Å². The van der Waals surface area contributed by atoms with Crippen molar-refractivity contribution in [3.05, 3.63) is 30.3 Å². The molecule has 2 rings (SSSR count). The van der Waals surface area contributed by atoms with Crippen LogP contribution in [0.15, 0.2) is 35.2 Å². The first-order valence-electron chi connectivity index (χ1n) is 5.72. The second-order valence-corrected chi connectivity index (χ2v) is 6.02. The average Bonchev–Trinajstić information content (AvgIpc) is 2.77. The zero-order chi connectivity index (χ0) is 12.3. The summed E-state index contributed by atoms with van der Waals surface area (Å²) in [6.07, 6.45) is 2.68. The summed E-state index contributed by atoms with van der Waals surface area (Å²) in [5.41, 5.74) is 0. The number of benzene rings is 1. The molecule has 94 valence electrons. The maximum Gasteiger partial charge on any atom is 0.240 e. The maximum absolute atomic E-state index is 12.0. The minimum absolute atomic E-state index is 0.00911. The standard InChI is InChI=1S/C12H17NO3S/c1-16-11-8-7-10(9-11)13-17(14,15)12-5-3-2-4-6-12/h2-6,10-11,13H,7-9H2,1H3. The van der Waals surface area contributed by atoms with E-state index in [2.05, 4.69) is 4.72 Å². The lowest BCUT2D eigenvalue weighted by atomic mass is 10.3. The van der Waals surface area contributed by atoms with E-state index in [0.717, 1.165) is 19.3 Å². The highest BCUT2D eigenvalue weighted by Gasteiger charge is 2.28. The van der Waals surface area contributed by atoms with Gasteiger partial charge in [-0.3, -0.25) is 0 Å². The zero-order valence-electron chi connectivity index (χ0n) is 9.80. The molecule has 1 fully saturated rings. The second-order valence-electron chi connectivity index (χ2n) is 4.30. The van der Waals surface area contributed by atoms with Gasteiger partial charge in [0.25, 0.3) is 0 Å². The largest absolute Gasteiger partial charge is 0.381 e. The van der Waals surface area contributed by atoms with Crippen molar-refractivity contribution in [2.75, 3.05) is 7.11 Å². The Kier molecular flexibility index (Phi) is 3.81. The molecule has 17 heavy (non-hydrogen) atoms. The summed E-state index contributed by atoms with van der Waals surface area (Å²) in [4.78, 5) is 0.320. The number of hydrogen-bond donors (Lipinski definition) is 1. The molecular formula is C12H17NO3S. The maximum atomic E-state index is 12.0. The molecule has 0 saturated heterocycles. The number of nitrogens with one attached hydrogen (secondary N) is 1. The third kappa shape index (κ3) is 3.06. The summed E-state index contributed by atoms with van der Waals surface area (Å²) < 4.78 is 32.0. The van der Waals surface area contributed by atoms with Crippen molar-refractivity contribution in [2.24, 2.45) is 0 Å². The summed E-state index contributed by atoms with van der Waals surface area (Å²) in [5, 5.41) is 0. The molecule has 1 saturated carbocycles. The van der Waals surface area contributed by atoms with Crippen LogP contribution >= 0.6 is 0 Å². The minimum atomic E-state index is -3.38. The SMILES string of the molecule is COC1CCC(NS(=O)(=O)c2ccccc2)C1. The number of hydrogen-bond acceptors (Lipinski definition) is 3. The van der Waals surface area contributed by atoms with E-state index in [1.54, 1.807) is 37.4 Å². The highest BCUT2D eigenvalue weighted by atomic mass is 32.2. The van der Waals surface area contributed by atoms with Crippen LogP contribution in [0, 0.1) is 0 Å². The molecule has 0 spiro atoms. The van der Waals surface area contributed by atoms with Crippen molar-refractivity contribution < 1.29 is 13.2 Å². The third-order valence-corrected chi connectivity index (χ3v) is 4.63. The number of sulfonamides is 1. The molecule has 2 unspecified atom stereocenters. The Morgan fingerprint density at radius 1 is 1.24 bits per heavy atom. The highest BCUT2D eigenvalue weighted by Crippen LogP contribution is 2.23. The summed E-state index contributed by atoms with van der Waals surface area (Å²) in [6.45, 7) is 0. The molecule has 0 bridgehead atoms. The molecule has 1 aliphatic rings. The van der Waals surface area contributed by atoms with Gasteiger partial charge in [-0.1, -0.05) is 18.2 Å². The van der Waals surface area contributed by atoms with Crippen molar-refractivity contribution in [1.29, 1.82) is 0 Å². The van der Waals surface area contributed by atoms with Crippen LogP contribution in [-0.2, 0) is 14.8 Å². The Balaban J connectivity index is 2.04. The highest BCUT2D eigenvalue weighted by molar-refractivity contribution is 7.89. The van der Waals surface area contributed by atoms with Crippen LogP contribution in [0.1, 0.15) is 19.3 Å². The van der Waals surface area contributed by atoms with Gasteiger partial charge in [-0.25, -0.2) is 13.1 Å². The molecule has 4 nitrogen and oxygen atoms in total. The Labute approximate surface area is 102 Å². The van der Waals surface area contributed by atoms with Crippen molar-refractivity contribution in [2.45, 2.75) is 36.3 Å². The molecule has 0 aliphatic heterocycles. The van der Waals surface area contributed by atoms with E-state index >= 15 is 0 Å². The van der Waals surface area contributed by atoms with Gasteiger partial charge in [-0.05, 0) is 31.4 Å². The van der Waals surface area contributed by atoms with Gasteiger partial charge in [0.05, 0.1) is 11.0 Å². The van der Waals surface area contributed by atoms with Gasteiger partial charge in [-0.2, -0.15) is 0 Å². The normalized spacial score (nSPS) is 25.0. The third-order valence-electron chi connectivity index (χ3n) is 3.09. The first kappa shape index (κ1) is 12.5. The van der Waals surface area contributed by atoms with Crippen LogP contribution in [-0.4, -0.2) is 27.7 Å². The topological polar surface area (TPSA) is 55.4 Å². The zero-order valence-corrected chi connectivity index (χ0v) is 10.6. The van der Waals surface area contributed by atoms with Crippen molar-refractivity contribution in [3.8, 4) is 0 Å². The van der Waals surface area contributed by atoms with Gasteiger partial charge in [-0.15, -0.1) is 0 Å². The molecule has 1 aromatic rings. The van der Waals surface area contributed by atoms with E-state index in [-0.39, 0.29) is 12.1 Å². The second kappa shape index (κ2) is 5.16. The van der Waals surface area contributed by atoms with Crippen molar-refractivity contribution in [3.63, 3.8) is 0 Å². The Hall–Kier alpha value is -0.910. The first-order valence-corrected chi connectivity index (χ1v) is 7.20. The lowest BCUT2D eigenvalue weighted by molar-refractivity contribution is 0.107. The molecule has 1 N–H and O–H groups in total. The lowest BCUT2D eigenvalue weighted by Crippen LogP contribution is -2.33. The average molecular weight is 255 g/mol. The van der Waals surface area contributed by atoms with E-state index < -0.39 is 10.0 Å². The summed E-state index contributed by atoms with van der Waals surface area (Å²) in [7, 11) is -1.72. The molecule has 0 aromatic heterocycles. The number of ether oxygens (including phenoxy) is 1. The molecular weight excluding hydrogens is 238 g/mol. The van der Waals surface area contributed by atoms with E-state index in [1.807, 2.05) is 0 Å². The Morgan fingerprint density at radius 2 is 1.94 bits per heavy atom. The van der Waals surface area contributed by atoms with Crippen LogP contribution in [0.3, 0.4) is 0 Å². The van der Waals surface area contributed by atoms with Gasteiger partial charge in [0.15, 0.2) is 0 Å². The Morgan fingerprint density at radius 3 is 2.53 bits per heavy atom. The first-order chi connectivity index (χ1) is 8.12. The number of rotatable bonds is 4. The van der Waals surface area contributed by atoms with Crippen molar-refractivity contribution in [1.82, 2.24) is 4.72 Å². The van der Waals surface area contributed by atoms with E-state index in [1.165, 1.54) is 0 Å². The van der Waals surface area contributed by atoms with Gasteiger partial charge in [0.2, 0.25) is 10.0 Å². The molecule has 0 heterocycles. The summed E-state index contributed by atoms with van der Waals surface area (Å²) in [5.74, 6) is 0. The fraction of sp³-hybridized carbons (Fsp3) is 0.500. The smallest absolute Gasteiger partial charge is 0.240 e. The monoisotopic (exact) mass is 255 g/mol.